The van der Waals surface area contributed by atoms with E-state index in [1.54, 1.807) is 12.1 Å². The minimum atomic E-state index is 0.0449. The summed E-state index contributed by atoms with van der Waals surface area (Å²) in [4.78, 5) is 16.8. The summed E-state index contributed by atoms with van der Waals surface area (Å²) in [5.41, 5.74) is 2.31. The third-order valence-corrected chi connectivity index (χ3v) is 4.55. The van der Waals surface area contributed by atoms with Gasteiger partial charge in [-0.05, 0) is 49.2 Å². The topological polar surface area (TPSA) is 90.9 Å². The number of carbonyl (C=O) groups is 1. The minimum absolute atomic E-state index is 0.0449. The number of aromatic nitrogens is 3. The number of rotatable bonds is 3. The fourth-order valence-corrected chi connectivity index (χ4v) is 3.20. The average molecular weight is 322 g/mol. The van der Waals surface area contributed by atoms with Crippen LogP contribution in [0.4, 0.5) is 5.82 Å². The van der Waals surface area contributed by atoms with Gasteiger partial charge in [0.1, 0.15) is 5.75 Å². The Balaban J connectivity index is 1.60. The zero-order valence-electron chi connectivity index (χ0n) is 13.1. The highest BCUT2D eigenvalue weighted by atomic mass is 16.3. The number of phenols is 1. The van der Waals surface area contributed by atoms with Crippen LogP contribution in [0.3, 0.4) is 0 Å². The van der Waals surface area contributed by atoms with Crippen molar-refractivity contribution >= 4 is 22.8 Å². The molecule has 6 heteroatoms. The van der Waals surface area contributed by atoms with Crippen molar-refractivity contribution < 1.29 is 9.90 Å². The molecule has 0 aliphatic heterocycles. The molecular formula is C18H18N4O2. The largest absolute Gasteiger partial charge is 0.508 e. The third kappa shape index (κ3) is 2.71. The fourth-order valence-electron chi connectivity index (χ4n) is 3.20. The molecule has 0 saturated heterocycles. The highest BCUT2D eigenvalue weighted by molar-refractivity contribution is 6.00. The van der Waals surface area contributed by atoms with Gasteiger partial charge in [0.05, 0.1) is 11.1 Å². The summed E-state index contributed by atoms with van der Waals surface area (Å²) in [7, 11) is 0. The standard InChI is InChI=1S/C18H18N4O2/c23-13-7-5-11(6-8-13)15-10-9-14-16(19-15)21-22-17(14)20-18(24)12-3-1-2-4-12/h5-10,12,23H,1-4H2,(H2,19,20,21,22,24). The lowest BCUT2D eigenvalue weighted by Crippen LogP contribution is -2.20. The SMILES string of the molecule is O=C(Nc1n[nH]c2nc(-c3ccc(O)cc3)ccc12)C1CCCC1. The fraction of sp³-hybridized carbons (Fsp3) is 0.278. The Labute approximate surface area is 138 Å². The van der Waals surface area contributed by atoms with Crippen molar-refractivity contribution in [2.75, 3.05) is 5.32 Å². The number of pyridine rings is 1. The van der Waals surface area contributed by atoms with Gasteiger partial charge in [-0.3, -0.25) is 9.89 Å². The molecule has 0 unspecified atom stereocenters. The molecule has 1 aliphatic rings. The van der Waals surface area contributed by atoms with E-state index < -0.39 is 0 Å². The Morgan fingerprint density at radius 1 is 1.12 bits per heavy atom. The number of hydrogen-bond acceptors (Lipinski definition) is 4. The van der Waals surface area contributed by atoms with Gasteiger partial charge in [0, 0.05) is 11.5 Å². The number of H-pyrrole nitrogens is 1. The molecular weight excluding hydrogens is 304 g/mol. The quantitative estimate of drug-likeness (QED) is 0.688. The van der Waals surface area contributed by atoms with Crippen LogP contribution in [-0.4, -0.2) is 26.2 Å². The van der Waals surface area contributed by atoms with Crippen LogP contribution in [0.25, 0.3) is 22.3 Å². The van der Waals surface area contributed by atoms with Crippen LogP contribution in [0, 0.1) is 5.92 Å². The molecule has 3 aromatic rings. The molecule has 0 bridgehead atoms. The Kier molecular flexibility index (Phi) is 3.65. The second kappa shape index (κ2) is 5.96. The first kappa shape index (κ1) is 14.7. The van der Waals surface area contributed by atoms with Crippen molar-refractivity contribution in [3.8, 4) is 17.0 Å². The smallest absolute Gasteiger partial charge is 0.228 e. The molecule has 6 nitrogen and oxygen atoms in total. The third-order valence-electron chi connectivity index (χ3n) is 4.55. The average Bonchev–Trinajstić information content (AvgIpc) is 3.25. The maximum atomic E-state index is 12.3. The lowest BCUT2D eigenvalue weighted by molar-refractivity contribution is -0.119. The molecule has 1 amide bonds. The summed E-state index contributed by atoms with van der Waals surface area (Å²) in [6.45, 7) is 0. The van der Waals surface area contributed by atoms with Gasteiger partial charge < -0.3 is 10.4 Å². The van der Waals surface area contributed by atoms with E-state index in [-0.39, 0.29) is 17.6 Å². The summed E-state index contributed by atoms with van der Waals surface area (Å²) in [5.74, 6) is 0.898. The molecule has 1 fully saturated rings. The predicted molar refractivity (Wildman–Crippen MR) is 91.6 cm³/mol. The van der Waals surface area contributed by atoms with Gasteiger partial charge in [-0.2, -0.15) is 5.10 Å². The van der Waals surface area contributed by atoms with E-state index in [9.17, 15) is 9.90 Å². The Morgan fingerprint density at radius 2 is 1.88 bits per heavy atom. The van der Waals surface area contributed by atoms with Crippen LogP contribution in [-0.2, 0) is 4.79 Å². The van der Waals surface area contributed by atoms with Crippen molar-refractivity contribution in [3.63, 3.8) is 0 Å². The maximum absolute atomic E-state index is 12.3. The molecule has 2 heterocycles. The normalized spacial score (nSPS) is 15.0. The lowest BCUT2D eigenvalue weighted by Gasteiger charge is -2.08. The summed E-state index contributed by atoms with van der Waals surface area (Å²) >= 11 is 0. The molecule has 0 atom stereocenters. The van der Waals surface area contributed by atoms with Gasteiger partial charge >= 0.3 is 0 Å². The van der Waals surface area contributed by atoms with Gasteiger partial charge in [-0.15, -0.1) is 0 Å². The van der Waals surface area contributed by atoms with E-state index in [2.05, 4.69) is 20.5 Å². The van der Waals surface area contributed by atoms with Crippen molar-refractivity contribution in [3.05, 3.63) is 36.4 Å². The van der Waals surface area contributed by atoms with E-state index in [1.165, 1.54) is 0 Å². The number of aromatic hydroxyl groups is 1. The molecule has 4 rings (SSSR count). The second-order valence-corrected chi connectivity index (χ2v) is 6.18. The molecule has 24 heavy (non-hydrogen) atoms. The predicted octanol–water partition coefficient (Wildman–Crippen LogP) is 3.46. The van der Waals surface area contributed by atoms with E-state index >= 15 is 0 Å². The summed E-state index contributed by atoms with van der Waals surface area (Å²) in [5, 5.41) is 20.2. The number of aromatic amines is 1. The van der Waals surface area contributed by atoms with E-state index in [4.69, 9.17) is 0 Å². The highest BCUT2D eigenvalue weighted by Crippen LogP contribution is 2.28. The summed E-state index contributed by atoms with van der Waals surface area (Å²) in [6.07, 6.45) is 4.16. The zero-order valence-corrected chi connectivity index (χ0v) is 13.1. The Hall–Kier alpha value is -2.89. The molecule has 122 valence electrons. The van der Waals surface area contributed by atoms with Crippen molar-refractivity contribution in [1.29, 1.82) is 0 Å². The Morgan fingerprint density at radius 3 is 2.62 bits per heavy atom. The molecule has 1 aromatic carbocycles. The van der Waals surface area contributed by atoms with Gasteiger partial charge in [-0.1, -0.05) is 12.8 Å². The van der Waals surface area contributed by atoms with Crippen molar-refractivity contribution in [2.24, 2.45) is 5.92 Å². The number of benzene rings is 1. The number of fused-ring (bicyclic) bond motifs is 1. The van der Waals surface area contributed by atoms with E-state index in [0.29, 0.717) is 11.5 Å². The van der Waals surface area contributed by atoms with Crippen LogP contribution in [0.1, 0.15) is 25.7 Å². The number of anilines is 1. The minimum Gasteiger partial charge on any atom is -0.508 e. The first-order valence-corrected chi connectivity index (χ1v) is 8.16. The molecule has 2 aromatic heterocycles. The van der Waals surface area contributed by atoms with Gasteiger partial charge in [0.2, 0.25) is 5.91 Å². The van der Waals surface area contributed by atoms with Crippen LogP contribution in [0.2, 0.25) is 0 Å². The van der Waals surface area contributed by atoms with Crippen molar-refractivity contribution in [1.82, 2.24) is 15.2 Å². The second-order valence-electron chi connectivity index (χ2n) is 6.18. The first-order valence-electron chi connectivity index (χ1n) is 8.16. The number of hydrogen-bond donors (Lipinski definition) is 3. The molecule has 1 saturated carbocycles. The number of amides is 1. The van der Waals surface area contributed by atoms with Gasteiger partial charge in [-0.25, -0.2) is 4.98 Å². The van der Waals surface area contributed by atoms with Crippen molar-refractivity contribution in [2.45, 2.75) is 25.7 Å². The monoisotopic (exact) mass is 322 g/mol. The number of phenolic OH excluding ortho intramolecular Hbond substituents is 1. The first-order chi connectivity index (χ1) is 11.7. The van der Waals surface area contributed by atoms with E-state index in [0.717, 1.165) is 42.3 Å². The summed E-state index contributed by atoms with van der Waals surface area (Å²) in [6, 6.07) is 10.7. The maximum Gasteiger partial charge on any atom is 0.228 e. The van der Waals surface area contributed by atoms with Gasteiger partial charge in [0.15, 0.2) is 11.5 Å². The Bertz CT molecular complexity index is 880. The summed E-state index contributed by atoms with van der Waals surface area (Å²) < 4.78 is 0. The van der Waals surface area contributed by atoms with Crippen LogP contribution < -0.4 is 5.32 Å². The zero-order chi connectivity index (χ0) is 16.5. The number of nitrogens with one attached hydrogen (secondary N) is 2. The molecule has 0 spiro atoms. The number of nitrogens with zero attached hydrogens (tertiary/aromatic N) is 2. The molecule has 3 N–H and O–H groups in total. The molecule has 1 aliphatic carbocycles. The van der Waals surface area contributed by atoms with Crippen LogP contribution >= 0.6 is 0 Å². The van der Waals surface area contributed by atoms with E-state index in [1.807, 2.05) is 24.3 Å². The van der Waals surface area contributed by atoms with Gasteiger partial charge in [0.25, 0.3) is 0 Å². The highest BCUT2D eigenvalue weighted by Gasteiger charge is 2.23. The number of carbonyl (C=O) groups excluding carboxylic acids is 1. The lowest BCUT2D eigenvalue weighted by atomic mass is 10.1. The van der Waals surface area contributed by atoms with Crippen LogP contribution in [0.5, 0.6) is 5.75 Å². The van der Waals surface area contributed by atoms with Crippen LogP contribution in [0.15, 0.2) is 36.4 Å². The molecule has 0 radical (unpaired) electrons.